The maximum atomic E-state index is 5.57. The molecule has 0 unspecified atom stereocenters. The van der Waals surface area contributed by atoms with Crippen LogP contribution in [0, 0.1) is 0 Å². The maximum Gasteiger partial charge on any atom is 0.191 e. The first kappa shape index (κ1) is 16.8. The number of hydrogen-bond donors (Lipinski definition) is 2. The monoisotopic (exact) mass is 305 g/mol. The molecule has 2 N–H and O–H groups in total. The molecular formula is C17H27N3O2. The van der Waals surface area contributed by atoms with E-state index in [-0.39, 0.29) is 5.41 Å². The Morgan fingerprint density at radius 3 is 2.59 bits per heavy atom. The van der Waals surface area contributed by atoms with Gasteiger partial charge in [-0.1, -0.05) is 30.3 Å². The molecule has 5 heteroatoms. The van der Waals surface area contributed by atoms with E-state index in [2.05, 4.69) is 46.0 Å². The molecule has 1 heterocycles. The van der Waals surface area contributed by atoms with Crippen molar-refractivity contribution in [3.63, 3.8) is 0 Å². The summed E-state index contributed by atoms with van der Waals surface area (Å²) >= 11 is 0. The summed E-state index contributed by atoms with van der Waals surface area (Å²) in [5.74, 6) is 0.818. The SMILES string of the molecule is CN=C(NCCOC)NCC1(c2ccccc2)CCOCC1. The van der Waals surface area contributed by atoms with E-state index in [9.17, 15) is 0 Å². The molecule has 0 saturated carbocycles. The lowest BCUT2D eigenvalue weighted by atomic mass is 9.74. The van der Waals surface area contributed by atoms with Crippen LogP contribution in [-0.2, 0) is 14.9 Å². The van der Waals surface area contributed by atoms with E-state index in [1.807, 2.05) is 0 Å². The normalized spacial score (nSPS) is 18.0. The van der Waals surface area contributed by atoms with Crippen LogP contribution in [0.4, 0.5) is 0 Å². The third-order valence-electron chi connectivity index (χ3n) is 4.25. The first-order valence-electron chi connectivity index (χ1n) is 7.87. The highest BCUT2D eigenvalue weighted by Crippen LogP contribution is 2.34. The Bertz CT molecular complexity index is 456. The Labute approximate surface area is 133 Å². The molecule has 1 fully saturated rings. The molecular weight excluding hydrogens is 278 g/mol. The fraction of sp³-hybridized carbons (Fsp3) is 0.588. The Morgan fingerprint density at radius 1 is 1.23 bits per heavy atom. The van der Waals surface area contributed by atoms with Crippen molar-refractivity contribution < 1.29 is 9.47 Å². The van der Waals surface area contributed by atoms with E-state index in [0.29, 0.717) is 6.61 Å². The molecule has 1 saturated heterocycles. The van der Waals surface area contributed by atoms with Gasteiger partial charge >= 0.3 is 0 Å². The minimum Gasteiger partial charge on any atom is -0.383 e. The zero-order valence-electron chi connectivity index (χ0n) is 13.6. The molecule has 1 aromatic carbocycles. The molecule has 0 aliphatic carbocycles. The third kappa shape index (κ3) is 4.45. The van der Waals surface area contributed by atoms with Crippen LogP contribution in [0.25, 0.3) is 0 Å². The fourth-order valence-corrected chi connectivity index (χ4v) is 2.87. The summed E-state index contributed by atoms with van der Waals surface area (Å²) in [6, 6.07) is 10.7. The molecule has 0 atom stereocenters. The number of aliphatic imine (C=N–C) groups is 1. The van der Waals surface area contributed by atoms with Crippen molar-refractivity contribution in [3.05, 3.63) is 35.9 Å². The zero-order chi connectivity index (χ0) is 15.7. The minimum absolute atomic E-state index is 0.110. The lowest BCUT2D eigenvalue weighted by molar-refractivity contribution is 0.0514. The largest absolute Gasteiger partial charge is 0.383 e. The van der Waals surface area contributed by atoms with Crippen LogP contribution in [0.5, 0.6) is 0 Å². The van der Waals surface area contributed by atoms with Crippen LogP contribution in [0.15, 0.2) is 35.3 Å². The van der Waals surface area contributed by atoms with Crippen LogP contribution in [0.1, 0.15) is 18.4 Å². The minimum atomic E-state index is 0.110. The van der Waals surface area contributed by atoms with Crippen molar-refractivity contribution in [2.24, 2.45) is 4.99 Å². The van der Waals surface area contributed by atoms with Gasteiger partial charge in [-0.25, -0.2) is 0 Å². The second-order valence-electron chi connectivity index (χ2n) is 5.60. The third-order valence-corrected chi connectivity index (χ3v) is 4.25. The molecule has 0 aromatic heterocycles. The quantitative estimate of drug-likeness (QED) is 0.476. The lowest BCUT2D eigenvalue weighted by Crippen LogP contribution is -2.48. The van der Waals surface area contributed by atoms with Crippen molar-refractivity contribution in [1.82, 2.24) is 10.6 Å². The summed E-state index contributed by atoms with van der Waals surface area (Å²) in [5, 5.41) is 6.73. The Morgan fingerprint density at radius 2 is 1.95 bits per heavy atom. The number of hydrogen-bond acceptors (Lipinski definition) is 3. The van der Waals surface area contributed by atoms with E-state index >= 15 is 0 Å². The smallest absolute Gasteiger partial charge is 0.191 e. The molecule has 122 valence electrons. The number of methoxy groups -OCH3 is 1. The van der Waals surface area contributed by atoms with E-state index in [1.165, 1.54) is 5.56 Å². The molecule has 1 aliphatic heterocycles. The van der Waals surface area contributed by atoms with Gasteiger partial charge in [0.2, 0.25) is 0 Å². The molecule has 1 aromatic rings. The molecule has 5 nitrogen and oxygen atoms in total. The van der Waals surface area contributed by atoms with Crippen LogP contribution in [-0.4, -0.2) is 53.0 Å². The first-order chi connectivity index (χ1) is 10.8. The predicted molar refractivity (Wildman–Crippen MR) is 89.4 cm³/mol. The average Bonchev–Trinajstić information content (AvgIpc) is 2.59. The summed E-state index contributed by atoms with van der Waals surface area (Å²) in [6.07, 6.45) is 2.05. The van der Waals surface area contributed by atoms with Gasteiger partial charge in [0.15, 0.2) is 5.96 Å². The van der Waals surface area contributed by atoms with Crippen LogP contribution >= 0.6 is 0 Å². The van der Waals surface area contributed by atoms with Crippen LogP contribution < -0.4 is 10.6 Å². The van der Waals surface area contributed by atoms with E-state index in [0.717, 1.165) is 45.1 Å². The maximum absolute atomic E-state index is 5.57. The predicted octanol–water partition coefficient (Wildman–Crippen LogP) is 1.55. The highest BCUT2D eigenvalue weighted by atomic mass is 16.5. The van der Waals surface area contributed by atoms with Gasteiger partial charge in [0.05, 0.1) is 6.61 Å². The lowest BCUT2D eigenvalue weighted by Gasteiger charge is -2.38. The number of ether oxygens (including phenoxy) is 2. The van der Waals surface area contributed by atoms with Gasteiger partial charge in [-0.3, -0.25) is 4.99 Å². The average molecular weight is 305 g/mol. The number of nitrogens with zero attached hydrogens (tertiary/aromatic N) is 1. The highest BCUT2D eigenvalue weighted by molar-refractivity contribution is 5.79. The van der Waals surface area contributed by atoms with Gasteiger partial charge < -0.3 is 20.1 Å². The fourth-order valence-electron chi connectivity index (χ4n) is 2.87. The summed E-state index contributed by atoms with van der Waals surface area (Å²) in [5.41, 5.74) is 1.48. The molecule has 0 radical (unpaired) electrons. The molecule has 0 spiro atoms. The van der Waals surface area contributed by atoms with Gasteiger partial charge in [0.25, 0.3) is 0 Å². The Balaban J connectivity index is 2.01. The Kier molecular flexibility index (Phi) is 6.68. The Hall–Kier alpha value is -1.59. The van der Waals surface area contributed by atoms with Gasteiger partial charge in [0.1, 0.15) is 0 Å². The second-order valence-corrected chi connectivity index (χ2v) is 5.60. The molecule has 22 heavy (non-hydrogen) atoms. The van der Waals surface area contributed by atoms with Crippen LogP contribution in [0.2, 0.25) is 0 Å². The number of nitrogens with one attached hydrogen (secondary N) is 2. The van der Waals surface area contributed by atoms with Crippen molar-refractivity contribution in [2.45, 2.75) is 18.3 Å². The van der Waals surface area contributed by atoms with E-state index in [4.69, 9.17) is 9.47 Å². The summed E-state index contributed by atoms with van der Waals surface area (Å²) in [6.45, 7) is 3.89. The summed E-state index contributed by atoms with van der Waals surface area (Å²) in [4.78, 5) is 4.28. The van der Waals surface area contributed by atoms with Crippen molar-refractivity contribution in [1.29, 1.82) is 0 Å². The second kappa shape index (κ2) is 8.76. The molecule has 2 rings (SSSR count). The highest BCUT2D eigenvalue weighted by Gasteiger charge is 2.34. The molecule has 0 amide bonds. The van der Waals surface area contributed by atoms with Gasteiger partial charge in [-0.05, 0) is 18.4 Å². The van der Waals surface area contributed by atoms with Gasteiger partial charge in [-0.15, -0.1) is 0 Å². The topological polar surface area (TPSA) is 54.9 Å². The van der Waals surface area contributed by atoms with Gasteiger partial charge in [0, 0.05) is 45.9 Å². The first-order valence-corrected chi connectivity index (χ1v) is 7.87. The molecule has 1 aliphatic rings. The van der Waals surface area contributed by atoms with Crippen molar-refractivity contribution in [2.75, 3.05) is 47.1 Å². The van der Waals surface area contributed by atoms with Crippen molar-refractivity contribution in [3.8, 4) is 0 Å². The van der Waals surface area contributed by atoms with E-state index < -0.39 is 0 Å². The van der Waals surface area contributed by atoms with Crippen molar-refractivity contribution >= 4 is 5.96 Å². The molecule has 0 bridgehead atoms. The van der Waals surface area contributed by atoms with Gasteiger partial charge in [-0.2, -0.15) is 0 Å². The summed E-state index contributed by atoms with van der Waals surface area (Å²) in [7, 11) is 3.49. The number of benzene rings is 1. The zero-order valence-corrected chi connectivity index (χ0v) is 13.6. The van der Waals surface area contributed by atoms with E-state index in [1.54, 1.807) is 14.2 Å². The number of rotatable bonds is 6. The standard InChI is InChI=1S/C17H27N3O2/c1-18-16(19-10-13-21-2)20-14-17(8-11-22-12-9-17)15-6-4-3-5-7-15/h3-7H,8-14H2,1-2H3,(H2,18,19,20). The van der Waals surface area contributed by atoms with Crippen LogP contribution in [0.3, 0.4) is 0 Å². The number of guanidine groups is 1. The summed E-state index contributed by atoms with van der Waals surface area (Å²) < 4.78 is 10.6.